The van der Waals surface area contributed by atoms with Crippen molar-refractivity contribution in [2.45, 2.75) is 55.4 Å². The Morgan fingerprint density at radius 1 is 0.576 bits per heavy atom. The molecule has 4 rings (SSSR count). The molecule has 168 valence electrons. The molecule has 0 aliphatic heterocycles. The fraction of sp³-hybridized carbons (Fsp3) is 0.258. The van der Waals surface area contributed by atoms with Crippen molar-refractivity contribution in [3.05, 3.63) is 106 Å². The third-order valence-electron chi connectivity index (χ3n) is 6.27. The summed E-state index contributed by atoms with van der Waals surface area (Å²) in [6.45, 7) is 17.5. The molecule has 1 aromatic heterocycles. The molecule has 1 nitrogen and oxygen atoms in total. The van der Waals surface area contributed by atoms with Gasteiger partial charge < -0.3 is 0 Å². The molecule has 0 saturated heterocycles. The highest BCUT2D eigenvalue weighted by Gasteiger charge is 2.30. The minimum atomic E-state index is 0.152. The first kappa shape index (κ1) is 24.5. The normalized spacial score (nSPS) is 10.4. The summed E-state index contributed by atoms with van der Waals surface area (Å²) in [5.74, 6) is 0. The van der Waals surface area contributed by atoms with Gasteiger partial charge in [-0.25, -0.2) is 0 Å². The molecule has 4 aromatic rings. The van der Waals surface area contributed by atoms with Crippen LogP contribution in [0.5, 0.6) is 0 Å². The molecule has 1 heterocycles. The quantitative estimate of drug-likeness (QED) is 0.352. The molecule has 0 aliphatic rings. The highest BCUT2D eigenvalue weighted by atomic mass is 14.7. The number of benzene rings is 3. The second kappa shape index (κ2) is 10.7. The highest BCUT2D eigenvalue weighted by Crippen LogP contribution is 2.18. The van der Waals surface area contributed by atoms with Crippen LogP contribution < -0.4 is 16.4 Å². The topological polar surface area (TPSA) is 12.9 Å². The number of hydrogen-bond donors (Lipinski definition) is 0. The van der Waals surface area contributed by atoms with Gasteiger partial charge in [-0.3, -0.25) is 4.98 Å². The van der Waals surface area contributed by atoms with Crippen LogP contribution in [-0.2, 0) is 0 Å². The van der Waals surface area contributed by atoms with Crippen molar-refractivity contribution in [3.63, 3.8) is 0 Å². The summed E-state index contributed by atoms with van der Waals surface area (Å²) in [5, 5.41) is 0. The van der Waals surface area contributed by atoms with E-state index in [1.807, 2.05) is 26.1 Å². The number of hydrogen-bond acceptors (Lipinski definition) is 1. The van der Waals surface area contributed by atoms with Crippen molar-refractivity contribution in [1.82, 2.24) is 4.98 Å². The lowest BCUT2D eigenvalue weighted by Crippen LogP contribution is -2.56. The number of aryl methyl sites for hydroxylation is 6. The first-order valence-corrected chi connectivity index (χ1v) is 12.0. The standard InChI is InChI=1S/C29H30BN.C2H6/c1-19-15-21(3)28(22(4)16-19)30(29-23(5)17-20(2)18-24(29)6)26-12-8-7-11-25(26)27-13-9-10-14-31-27;1-2/h7-18H,1-6H3;1-2H3. The average Bonchev–Trinajstić information content (AvgIpc) is 2.79. The Balaban J connectivity index is 0.00000149. The van der Waals surface area contributed by atoms with Gasteiger partial charge >= 0.3 is 0 Å². The van der Waals surface area contributed by atoms with Crippen LogP contribution in [0.3, 0.4) is 0 Å². The SMILES string of the molecule is CC.Cc1cc(C)c(B(c2ccccc2-c2ccccn2)c2c(C)cc(C)cc2C)c(C)c1. The van der Waals surface area contributed by atoms with Crippen LogP contribution in [-0.4, -0.2) is 11.7 Å². The third-order valence-corrected chi connectivity index (χ3v) is 6.27. The van der Waals surface area contributed by atoms with Crippen LogP contribution >= 0.6 is 0 Å². The van der Waals surface area contributed by atoms with E-state index in [0.717, 1.165) is 5.69 Å². The van der Waals surface area contributed by atoms with E-state index < -0.39 is 0 Å². The maximum absolute atomic E-state index is 4.70. The predicted octanol–water partition coefficient (Wildman–Crippen LogP) is 6.14. The Morgan fingerprint density at radius 3 is 1.48 bits per heavy atom. The maximum Gasteiger partial charge on any atom is 0.243 e. The van der Waals surface area contributed by atoms with Gasteiger partial charge in [0, 0.05) is 6.20 Å². The molecule has 0 radical (unpaired) electrons. The van der Waals surface area contributed by atoms with Gasteiger partial charge in [-0.1, -0.05) is 118 Å². The fourth-order valence-electron chi connectivity index (χ4n) is 5.25. The molecule has 33 heavy (non-hydrogen) atoms. The minimum absolute atomic E-state index is 0.152. The van der Waals surface area contributed by atoms with Crippen molar-refractivity contribution in [2.24, 2.45) is 0 Å². The van der Waals surface area contributed by atoms with Crippen LogP contribution in [0.2, 0.25) is 0 Å². The zero-order chi connectivity index (χ0) is 24.1. The van der Waals surface area contributed by atoms with Gasteiger partial charge in [0.05, 0.1) is 5.69 Å². The van der Waals surface area contributed by atoms with Crippen LogP contribution in [0.15, 0.2) is 72.9 Å². The number of nitrogens with zero attached hydrogens (tertiary/aromatic N) is 1. The zero-order valence-electron chi connectivity index (χ0n) is 21.5. The number of aromatic nitrogens is 1. The summed E-state index contributed by atoms with van der Waals surface area (Å²) in [6, 6.07) is 24.2. The van der Waals surface area contributed by atoms with E-state index in [2.05, 4.69) is 102 Å². The van der Waals surface area contributed by atoms with Crippen LogP contribution in [0.4, 0.5) is 0 Å². The van der Waals surface area contributed by atoms with E-state index >= 15 is 0 Å². The largest absolute Gasteiger partial charge is 0.256 e. The Labute approximate surface area is 201 Å². The lowest BCUT2D eigenvalue weighted by molar-refractivity contribution is 1.33. The first-order valence-electron chi connectivity index (χ1n) is 12.0. The average molecular weight is 433 g/mol. The van der Waals surface area contributed by atoms with Crippen LogP contribution in [0, 0.1) is 41.5 Å². The molecule has 0 amide bonds. The molecule has 0 spiro atoms. The van der Waals surface area contributed by atoms with Crippen molar-refractivity contribution in [3.8, 4) is 11.3 Å². The van der Waals surface area contributed by atoms with Gasteiger partial charge in [-0.05, 0) is 59.2 Å². The van der Waals surface area contributed by atoms with E-state index in [1.54, 1.807) is 0 Å². The maximum atomic E-state index is 4.70. The van der Waals surface area contributed by atoms with Crippen molar-refractivity contribution in [1.29, 1.82) is 0 Å². The third kappa shape index (κ3) is 5.11. The molecule has 0 aliphatic carbocycles. The van der Waals surface area contributed by atoms with E-state index in [0.29, 0.717) is 0 Å². The Morgan fingerprint density at radius 2 is 1.03 bits per heavy atom. The predicted molar refractivity (Wildman–Crippen MR) is 147 cm³/mol. The van der Waals surface area contributed by atoms with Crippen molar-refractivity contribution >= 4 is 23.1 Å². The molecular weight excluding hydrogens is 397 g/mol. The zero-order valence-corrected chi connectivity index (χ0v) is 21.5. The Bertz CT molecular complexity index is 1140. The van der Waals surface area contributed by atoms with E-state index in [1.165, 1.54) is 55.3 Å². The lowest BCUT2D eigenvalue weighted by atomic mass is 9.33. The van der Waals surface area contributed by atoms with Crippen LogP contribution in [0.25, 0.3) is 11.3 Å². The molecule has 0 bridgehead atoms. The highest BCUT2D eigenvalue weighted by molar-refractivity contribution is 6.97. The summed E-state index contributed by atoms with van der Waals surface area (Å²) in [6.07, 6.45) is 1.88. The summed E-state index contributed by atoms with van der Waals surface area (Å²) < 4.78 is 0. The lowest BCUT2D eigenvalue weighted by Gasteiger charge is -2.26. The monoisotopic (exact) mass is 433 g/mol. The number of pyridine rings is 1. The van der Waals surface area contributed by atoms with E-state index in [-0.39, 0.29) is 6.71 Å². The summed E-state index contributed by atoms with van der Waals surface area (Å²) >= 11 is 0. The van der Waals surface area contributed by atoms with Gasteiger partial charge in [-0.2, -0.15) is 0 Å². The number of rotatable bonds is 4. The van der Waals surface area contributed by atoms with Crippen LogP contribution in [0.1, 0.15) is 47.2 Å². The first-order chi connectivity index (χ1) is 15.9. The molecule has 0 N–H and O–H groups in total. The summed E-state index contributed by atoms with van der Waals surface area (Å²) in [5.41, 5.74) is 14.4. The Kier molecular flexibility index (Phi) is 7.92. The Hall–Kier alpha value is -3.13. The second-order valence-corrected chi connectivity index (χ2v) is 8.86. The molecular formula is C31H36BN. The molecule has 0 atom stereocenters. The molecule has 0 saturated carbocycles. The molecule has 2 heteroatoms. The minimum Gasteiger partial charge on any atom is -0.256 e. The molecule has 0 fully saturated rings. The fourth-order valence-corrected chi connectivity index (χ4v) is 5.25. The van der Waals surface area contributed by atoms with E-state index in [9.17, 15) is 0 Å². The van der Waals surface area contributed by atoms with E-state index in [4.69, 9.17) is 4.98 Å². The molecule has 3 aromatic carbocycles. The second-order valence-electron chi connectivity index (χ2n) is 8.86. The van der Waals surface area contributed by atoms with Gasteiger partial charge in [-0.15, -0.1) is 0 Å². The van der Waals surface area contributed by atoms with Gasteiger partial charge in [0.15, 0.2) is 0 Å². The smallest absolute Gasteiger partial charge is 0.243 e. The summed E-state index contributed by atoms with van der Waals surface area (Å²) in [4.78, 5) is 4.70. The molecule has 0 unspecified atom stereocenters. The van der Waals surface area contributed by atoms with Gasteiger partial charge in [0.2, 0.25) is 6.71 Å². The van der Waals surface area contributed by atoms with Crippen molar-refractivity contribution in [2.75, 3.05) is 0 Å². The van der Waals surface area contributed by atoms with Gasteiger partial charge in [0.1, 0.15) is 0 Å². The van der Waals surface area contributed by atoms with Crippen molar-refractivity contribution < 1.29 is 0 Å². The summed E-state index contributed by atoms with van der Waals surface area (Å²) in [7, 11) is 0. The van der Waals surface area contributed by atoms with Gasteiger partial charge in [0.25, 0.3) is 0 Å².